The number of fused-ring (bicyclic) bond motifs is 1. The topological polar surface area (TPSA) is 76.7 Å². The van der Waals surface area contributed by atoms with Gasteiger partial charge >= 0.3 is 0 Å². The molecule has 3 rings (SSSR count). The summed E-state index contributed by atoms with van der Waals surface area (Å²) in [6.45, 7) is 2.21. The lowest BCUT2D eigenvalue weighted by molar-refractivity contribution is 0.0963. The largest absolute Gasteiger partial charge is 0.497 e. The van der Waals surface area contributed by atoms with Gasteiger partial charge in [-0.15, -0.1) is 11.3 Å². The van der Waals surface area contributed by atoms with Gasteiger partial charge in [0.15, 0.2) is 0 Å². The minimum atomic E-state index is -0.302. The van der Waals surface area contributed by atoms with E-state index in [0.717, 1.165) is 24.8 Å². The molecule has 2 aromatic rings. The number of carbonyl (C=O) groups excluding carboxylic acids is 2. The van der Waals surface area contributed by atoms with Crippen LogP contribution >= 0.6 is 11.3 Å². The van der Waals surface area contributed by atoms with Crippen molar-refractivity contribution < 1.29 is 19.1 Å². The van der Waals surface area contributed by atoms with Gasteiger partial charge in [-0.25, -0.2) is 0 Å². The molecule has 0 unspecified atom stereocenters. The number of methoxy groups -OCH3 is 2. The number of rotatable bonds is 5. The zero-order valence-electron chi connectivity index (χ0n) is 16.0. The maximum Gasteiger partial charge on any atom is 0.256 e. The number of nitrogens with one attached hydrogen (secondary N) is 2. The molecule has 2 N–H and O–H groups in total. The van der Waals surface area contributed by atoms with Crippen LogP contribution < -0.4 is 20.1 Å². The third kappa shape index (κ3) is 3.93. The van der Waals surface area contributed by atoms with Crippen LogP contribution in [0.3, 0.4) is 0 Å². The molecule has 1 aliphatic rings. The predicted molar refractivity (Wildman–Crippen MR) is 106 cm³/mol. The normalized spacial score (nSPS) is 15.6. The highest BCUT2D eigenvalue weighted by Gasteiger charge is 2.28. The lowest BCUT2D eigenvalue weighted by Crippen LogP contribution is -2.22. The van der Waals surface area contributed by atoms with Gasteiger partial charge in [-0.05, 0) is 42.9 Å². The fourth-order valence-electron chi connectivity index (χ4n) is 3.32. The molecule has 0 aliphatic heterocycles. The molecule has 2 amide bonds. The average molecular weight is 388 g/mol. The van der Waals surface area contributed by atoms with Gasteiger partial charge in [-0.1, -0.05) is 6.92 Å². The molecule has 6 nitrogen and oxygen atoms in total. The third-order valence-corrected chi connectivity index (χ3v) is 5.98. The van der Waals surface area contributed by atoms with E-state index in [9.17, 15) is 9.59 Å². The molecule has 0 saturated heterocycles. The van der Waals surface area contributed by atoms with Crippen molar-refractivity contribution in [3.63, 3.8) is 0 Å². The number of ether oxygens (including phenoxy) is 2. The minimum Gasteiger partial charge on any atom is -0.497 e. The molecule has 1 heterocycles. The molecule has 1 aliphatic carbocycles. The zero-order chi connectivity index (χ0) is 19.6. The minimum absolute atomic E-state index is 0.166. The van der Waals surface area contributed by atoms with Crippen molar-refractivity contribution >= 4 is 28.2 Å². The number of hydrogen-bond donors (Lipinski definition) is 2. The molecular formula is C20H24N2O4S. The van der Waals surface area contributed by atoms with Gasteiger partial charge in [0.2, 0.25) is 0 Å². The Kier molecular flexibility index (Phi) is 5.70. The van der Waals surface area contributed by atoms with Crippen molar-refractivity contribution in [2.45, 2.75) is 26.2 Å². The van der Waals surface area contributed by atoms with Gasteiger partial charge in [-0.3, -0.25) is 9.59 Å². The Labute approximate surface area is 162 Å². The van der Waals surface area contributed by atoms with Gasteiger partial charge < -0.3 is 20.1 Å². The first-order valence-corrected chi connectivity index (χ1v) is 9.69. The summed E-state index contributed by atoms with van der Waals surface area (Å²) in [7, 11) is 4.68. The number of anilines is 1. The van der Waals surface area contributed by atoms with E-state index in [4.69, 9.17) is 9.47 Å². The third-order valence-electron chi connectivity index (χ3n) is 4.81. The summed E-state index contributed by atoms with van der Waals surface area (Å²) in [5, 5.41) is 6.22. The second-order valence-corrected chi connectivity index (χ2v) is 7.80. The van der Waals surface area contributed by atoms with E-state index in [1.54, 1.807) is 25.2 Å². The Morgan fingerprint density at radius 1 is 1.11 bits per heavy atom. The SMILES string of the molecule is CNC(=O)c1c(NC(=O)c2cc(OC)cc(OC)c2)sc2c1CC[C@H](C)C2. The van der Waals surface area contributed by atoms with E-state index in [1.807, 2.05) is 0 Å². The summed E-state index contributed by atoms with van der Waals surface area (Å²) < 4.78 is 10.5. The molecule has 0 fully saturated rings. The number of carbonyl (C=O) groups is 2. The predicted octanol–water partition coefficient (Wildman–Crippen LogP) is 3.50. The molecule has 0 bridgehead atoms. The van der Waals surface area contributed by atoms with Crippen LogP contribution in [0.15, 0.2) is 18.2 Å². The van der Waals surface area contributed by atoms with E-state index in [1.165, 1.54) is 30.4 Å². The summed E-state index contributed by atoms with van der Waals surface area (Å²) in [5.41, 5.74) is 2.07. The van der Waals surface area contributed by atoms with Gasteiger partial charge in [-0.2, -0.15) is 0 Å². The molecule has 1 atom stereocenters. The fourth-order valence-corrected chi connectivity index (χ4v) is 4.72. The van der Waals surface area contributed by atoms with Crippen LogP contribution in [0.4, 0.5) is 5.00 Å². The van der Waals surface area contributed by atoms with Crippen molar-refractivity contribution in [1.29, 1.82) is 0 Å². The van der Waals surface area contributed by atoms with E-state index >= 15 is 0 Å². The summed E-state index contributed by atoms with van der Waals surface area (Å²) >= 11 is 1.50. The Morgan fingerprint density at radius 3 is 2.37 bits per heavy atom. The zero-order valence-corrected chi connectivity index (χ0v) is 16.8. The van der Waals surface area contributed by atoms with Crippen LogP contribution in [0.25, 0.3) is 0 Å². The Balaban J connectivity index is 1.95. The number of hydrogen-bond acceptors (Lipinski definition) is 5. The molecule has 0 saturated carbocycles. The molecule has 1 aromatic carbocycles. The van der Waals surface area contributed by atoms with Gasteiger partial charge in [0.25, 0.3) is 11.8 Å². The number of benzene rings is 1. The molecule has 144 valence electrons. The van der Waals surface area contributed by atoms with Crippen molar-refractivity contribution in [3.05, 3.63) is 39.8 Å². The molecular weight excluding hydrogens is 364 g/mol. The first-order chi connectivity index (χ1) is 13.0. The van der Waals surface area contributed by atoms with Crippen LogP contribution in [-0.4, -0.2) is 33.1 Å². The van der Waals surface area contributed by atoms with Gasteiger partial charge in [0.05, 0.1) is 19.8 Å². The van der Waals surface area contributed by atoms with E-state index in [2.05, 4.69) is 17.6 Å². The lowest BCUT2D eigenvalue weighted by atomic mass is 9.88. The van der Waals surface area contributed by atoms with Crippen LogP contribution in [0.1, 0.15) is 44.5 Å². The second kappa shape index (κ2) is 8.00. The number of amides is 2. The Morgan fingerprint density at radius 2 is 1.78 bits per heavy atom. The summed E-state index contributed by atoms with van der Waals surface area (Å²) in [5.74, 6) is 1.18. The van der Waals surface area contributed by atoms with Crippen LogP contribution in [0.5, 0.6) is 11.5 Å². The monoisotopic (exact) mass is 388 g/mol. The first kappa shape index (κ1) is 19.2. The molecule has 0 spiro atoms. The quantitative estimate of drug-likeness (QED) is 0.822. The van der Waals surface area contributed by atoms with Crippen LogP contribution in [-0.2, 0) is 12.8 Å². The Hall–Kier alpha value is -2.54. The van der Waals surface area contributed by atoms with Crippen LogP contribution in [0, 0.1) is 5.92 Å². The average Bonchev–Trinajstić information content (AvgIpc) is 3.03. The molecule has 27 heavy (non-hydrogen) atoms. The summed E-state index contributed by atoms with van der Waals surface area (Å²) in [6.07, 6.45) is 2.85. The lowest BCUT2D eigenvalue weighted by Gasteiger charge is -2.18. The standard InChI is InChI=1S/C20H24N2O4S/c1-11-5-6-15-16(7-11)27-20(17(15)19(24)21-2)22-18(23)12-8-13(25-3)10-14(9-12)26-4/h8-11H,5-7H2,1-4H3,(H,21,24)(H,22,23)/t11-/m0/s1. The van der Waals surface area contributed by atoms with Gasteiger partial charge in [0, 0.05) is 23.6 Å². The number of thiophene rings is 1. The van der Waals surface area contributed by atoms with Crippen molar-refractivity contribution in [1.82, 2.24) is 5.32 Å². The van der Waals surface area contributed by atoms with Gasteiger partial charge in [0.1, 0.15) is 16.5 Å². The van der Waals surface area contributed by atoms with E-state index in [0.29, 0.717) is 33.5 Å². The van der Waals surface area contributed by atoms with E-state index in [-0.39, 0.29) is 11.8 Å². The second-order valence-electron chi connectivity index (χ2n) is 6.69. The maximum absolute atomic E-state index is 12.8. The smallest absolute Gasteiger partial charge is 0.256 e. The van der Waals surface area contributed by atoms with Crippen molar-refractivity contribution in [2.24, 2.45) is 5.92 Å². The van der Waals surface area contributed by atoms with Crippen LogP contribution in [0.2, 0.25) is 0 Å². The van der Waals surface area contributed by atoms with E-state index < -0.39 is 0 Å². The summed E-state index contributed by atoms with van der Waals surface area (Å²) in [4.78, 5) is 26.5. The maximum atomic E-state index is 12.8. The highest BCUT2D eigenvalue weighted by molar-refractivity contribution is 7.17. The molecule has 0 radical (unpaired) electrons. The fraction of sp³-hybridized carbons (Fsp3) is 0.400. The highest BCUT2D eigenvalue weighted by Crippen LogP contribution is 2.40. The van der Waals surface area contributed by atoms with Crippen molar-refractivity contribution in [3.8, 4) is 11.5 Å². The Bertz CT molecular complexity index is 853. The first-order valence-electron chi connectivity index (χ1n) is 8.87. The highest BCUT2D eigenvalue weighted by atomic mass is 32.1. The summed E-state index contributed by atoms with van der Waals surface area (Å²) in [6, 6.07) is 5.00. The molecule has 7 heteroatoms. The van der Waals surface area contributed by atoms with Crippen molar-refractivity contribution in [2.75, 3.05) is 26.6 Å². The molecule has 1 aromatic heterocycles.